The van der Waals surface area contributed by atoms with E-state index in [1.54, 1.807) is 6.07 Å². The number of aliphatic hydroxyl groups excluding tert-OH is 1. The van der Waals surface area contributed by atoms with Crippen LogP contribution >= 0.6 is 11.6 Å². The van der Waals surface area contributed by atoms with Gasteiger partial charge in [0, 0.05) is 17.1 Å². The van der Waals surface area contributed by atoms with Crippen LogP contribution in [0.3, 0.4) is 0 Å². The number of rotatable bonds is 2. The third kappa shape index (κ3) is 2.25. The van der Waals surface area contributed by atoms with Crippen LogP contribution < -0.4 is 5.32 Å². The summed E-state index contributed by atoms with van der Waals surface area (Å²) >= 11 is 5.73. The number of hydrogen-bond acceptors (Lipinski definition) is 2. The van der Waals surface area contributed by atoms with E-state index >= 15 is 0 Å². The topological polar surface area (TPSA) is 32.3 Å². The first kappa shape index (κ1) is 12.6. The fraction of sp³-hybridized carbons (Fsp3) is 0.200. The summed E-state index contributed by atoms with van der Waals surface area (Å²) in [6.07, 6.45) is -0.930. The van der Waals surface area contributed by atoms with Crippen LogP contribution in [-0.2, 0) is 6.54 Å². The lowest BCUT2D eigenvalue weighted by atomic mass is 9.95. The number of fused-ring (bicyclic) bond motifs is 1. The Bertz CT molecular complexity index is 617. The van der Waals surface area contributed by atoms with E-state index in [0.717, 1.165) is 11.1 Å². The Morgan fingerprint density at radius 1 is 1.26 bits per heavy atom. The third-order valence-electron chi connectivity index (χ3n) is 3.50. The summed E-state index contributed by atoms with van der Waals surface area (Å²) in [5, 5.41) is 13.9. The maximum Gasteiger partial charge on any atom is 0.130 e. The van der Waals surface area contributed by atoms with Gasteiger partial charge in [0.2, 0.25) is 0 Å². The second-order valence-electron chi connectivity index (χ2n) is 4.67. The molecular formula is C15H13ClFNO. The van der Waals surface area contributed by atoms with Gasteiger partial charge in [-0.1, -0.05) is 41.9 Å². The van der Waals surface area contributed by atoms with E-state index in [0.29, 0.717) is 11.6 Å². The molecule has 0 aliphatic carbocycles. The van der Waals surface area contributed by atoms with E-state index in [-0.39, 0.29) is 11.6 Å². The first-order valence-electron chi connectivity index (χ1n) is 6.11. The van der Waals surface area contributed by atoms with Gasteiger partial charge in [-0.2, -0.15) is 0 Å². The zero-order valence-electron chi connectivity index (χ0n) is 10.1. The van der Waals surface area contributed by atoms with Gasteiger partial charge < -0.3 is 10.4 Å². The largest absolute Gasteiger partial charge is 0.386 e. The maximum atomic E-state index is 13.9. The Labute approximate surface area is 115 Å². The summed E-state index contributed by atoms with van der Waals surface area (Å²) in [5.41, 5.74) is 2.42. The molecule has 2 aromatic rings. The summed E-state index contributed by atoms with van der Waals surface area (Å²) in [4.78, 5) is 0. The molecule has 3 rings (SSSR count). The molecule has 0 bridgehead atoms. The second-order valence-corrected chi connectivity index (χ2v) is 5.10. The highest BCUT2D eigenvalue weighted by Crippen LogP contribution is 2.36. The maximum absolute atomic E-state index is 13.9. The van der Waals surface area contributed by atoms with Crippen molar-refractivity contribution < 1.29 is 9.50 Å². The van der Waals surface area contributed by atoms with Crippen molar-refractivity contribution in [3.8, 4) is 0 Å². The molecule has 1 aliphatic rings. The van der Waals surface area contributed by atoms with Crippen LogP contribution in [0.25, 0.3) is 0 Å². The molecule has 0 amide bonds. The van der Waals surface area contributed by atoms with E-state index in [1.807, 2.05) is 24.3 Å². The fourth-order valence-corrected chi connectivity index (χ4v) is 2.69. The van der Waals surface area contributed by atoms with Crippen LogP contribution in [0.5, 0.6) is 0 Å². The Morgan fingerprint density at radius 3 is 2.84 bits per heavy atom. The number of aliphatic hydroxyl groups is 1. The third-order valence-corrected chi connectivity index (χ3v) is 3.73. The summed E-state index contributed by atoms with van der Waals surface area (Å²) < 4.78 is 13.9. The van der Waals surface area contributed by atoms with Gasteiger partial charge in [-0.3, -0.25) is 0 Å². The average molecular weight is 278 g/mol. The molecule has 0 saturated carbocycles. The van der Waals surface area contributed by atoms with Gasteiger partial charge in [0.05, 0.1) is 6.04 Å². The van der Waals surface area contributed by atoms with Gasteiger partial charge in [0.15, 0.2) is 0 Å². The highest BCUT2D eigenvalue weighted by atomic mass is 35.5. The SMILES string of the molecule is OC(c1ccc(Cl)cc1F)C1NCc2ccccc21. The molecule has 2 unspecified atom stereocenters. The molecule has 2 nitrogen and oxygen atoms in total. The lowest BCUT2D eigenvalue weighted by Gasteiger charge is -2.20. The van der Waals surface area contributed by atoms with Crippen molar-refractivity contribution in [3.05, 3.63) is 70.0 Å². The number of benzene rings is 2. The summed E-state index contributed by atoms with van der Waals surface area (Å²) in [5.74, 6) is -0.480. The predicted molar refractivity (Wildman–Crippen MR) is 72.4 cm³/mol. The van der Waals surface area contributed by atoms with Gasteiger partial charge >= 0.3 is 0 Å². The van der Waals surface area contributed by atoms with Crippen LogP contribution in [0.4, 0.5) is 4.39 Å². The minimum Gasteiger partial charge on any atom is -0.386 e. The molecule has 0 aromatic heterocycles. The zero-order valence-corrected chi connectivity index (χ0v) is 10.9. The van der Waals surface area contributed by atoms with Gasteiger partial charge in [-0.05, 0) is 23.3 Å². The quantitative estimate of drug-likeness (QED) is 0.882. The Hall–Kier alpha value is -1.42. The van der Waals surface area contributed by atoms with Crippen LogP contribution in [0, 0.1) is 5.82 Å². The Kier molecular flexibility index (Phi) is 3.27. The van der Waals surface area contributed by atoms with Gasteiger partial charge in [0.1, 0.15) is 11.9 Å². The van der Waals surface area contributed by atoms with E-state index in [1.165, 1.54) is 12.1 Å². The average Bonchev–Trinajstić information content (AvgIpc) is 2.82. The molecule has 0 saturated heterocycles. The van der Waals surface area contributed by atoms with Crippen molar-refractivity contribution in [3.63, 3.8) is 0 Å². The summed E-state index contributed by atoms with van der Waals surface area (Å²) in [6, 6.07) is 11.9. The molecule has 98 valence electrons. The van der Waals surface area contributed by atoms with Crippen molar-refractivity contribution >= 4 is 11.6 Å². The first-order chi connectivity index (χ1) is 9.16. The van der Waals surface area contributed by atoms with Crippen molar-refractivity contribution in [1.82, 2.24) is 5.32 Å². The molecule has 0 radical (unpaired) electrons. The molecule has 2 aromatic carbocycles. The van der Waals surface area contributed by atoms with Crippen molar-refractivity contribution in [1.29, 1.82) is 0 Å². The van der Waals surface area contributed by atoms with Crippen LogP contribution in [0.15, 0.2) is 42.5 Å². The second kappa shape index (κ2) is 4.93. The lowest BCUT2D eigenvalue weighted by molar-refractivity contribution is 0.129. The standard InChI is InChI=1S/C15H13ClFNO/c16-10-5-6-12(13(17)7-10)15(19)14-11-4-2-1-3-9(11)8-18-14/h1-7,14-15,18-19H,8H2. The Balaban J connectivity index is 1.95. The van der Waals surface area contributed by atoms with Crippen LogP contribution in [-0.4, -0.2) is 5.11 Å². The predicted octanol–water partition coefficient (Wildman–Crippen LogP) is 3.36. The number of nitrogens with one attached hydrogen (secondary N) is 1. The highest BCUT2D eigenvalue weighted by Gasteiger charge is 2.30. The molecule has 1 aliphatic heterocycles. The van der Waals surface area contributed by atoms with E-state index in [9.17, 15) is 9.50 Å². The first-order valence-corrected chi connectivity index (χ1v) is 6.49. The van der Waals surface area contributed by atoms with Crippen molar-refractivity contribution in [2.75, 3.05) is 0 Å². The van der Waals surface area contributed by atoms with Gasteiger partial charge in [-0.25, -0.2) is 4.39 Å². The lowest BCUT2D eigenvalue weighted by Crippen LogP contribution is -2.21. The van der Waals surface area contributed by atoms with Crippen LogP contribution in [0.1, 0.15) is 28.8 Å². The minimum absolute atomic E-state index is 0.263. The zero-order chi connectivity index (χ0) is 13.4. The highest BCUT2D eigenvalue weighted by molar-refractivity contribution is 6.30. The van der Waals surface area contributed by atoms with Crippen molar-refractivity contribution in [2.45, 2.75) is 18.7 Å². The molecule has 0 fully saturated rings. The smallest absolute Gasteiger partial charge is 0.130 e. The Morgan fingerprint density at radius 2 is 2.05 bits per heavy atom. The molecule has 2 N–H and O–H groups in total. The molecule has 4 heteroatoms. The van der Waals surface area contributed by atoms with E-state index < -0.39 is 11.9 Å². The van der Waals surface area contributed by atoms with Gasteiger partial charge in [-0.15, -0.1) is 0 Å². The van der Waals surface area contributed by atoms with Crippen molar-refractivity contribution in [2.24, 2.45) is 0 Å². The van der Waals surface area contributed by atoms with Gasteiger partial charge in [0.25, 0.3) is 0 Å². The molecule has 1 heterocycles. The van der Waals surface area contributed by atoms with E-state index in [2.05, 4.69) is 5.32 Å². The number of hydrogen-bond donors (Lipinski definition) is 2. The summed E-state index contributed by atoms with van der Waals surface area (Å²) in [7, 11) is 0. The molecule has 19 heavy (non-hydrogen) atoms. The normalized spacial score (nSPS) is 19.2. The summed E-state index contributed by atoms with van der Waals surface area (Å²) in [6.45, 7) is 0.688. The van der Waals surface area contributed by atoms with Crippen LogP contribution in [0.2, 0.25) is 5.02 Å². The van der Waals surface area contributed by atoms with E-state index in [4.69, 9.17) is 11.6 Å². The number of halogens is 2. The minimum atomic E-state index is -0.930. The monoisotopic (exact) mass is 277 g/mol. The molecular weight excluding hydrogens is 265 g/mol. The molecule has 2 atom stereocenters. The molecule has 0 spiro atoms. The fourth-order valence-electron chi connectivity index (χ4n) is 2.53.